The second-order valence-corrected chi connectivity index (χ2v) is 4.31. The lowest BCUT2D eigenvalue weighted by Crippen LogP contribution is -1.90. The number of fused-ring (bicyclic) bond motifs is 1. The van der Waals surface area contributed by atoms with Crippen LogP contribution in [0.4, 0.5) is 0 Å². The fourth-order valence-electron chi connectivity index (χ4n) is 2.17. The van der Waals surface area contributed by atoms with Gasteiger partial charge in [-0.25, -0.2) is 0 Å². The molecule has 0 N–H and O–H groups in total. The van der Waals surface area contributed by atoms with Crippen LogP contribution in [-0.4, -0.2) is 7.11 Å². The first kappa shape index (κ1) is 11.1. The Bertz CT molecular complexity index is 495. The van der Waals surface area contributed by atoms with Crippen LogP contribution in [0.5, 0.6) is 5.75 Å². The van der Waals surface area contributed by atoms with E-state index in [1.807, 2.05) is 12.1 Å². The van der Waals surface area contributed by atoms with E-state index in [2.05, 4.69) is 26.8 Å². The molecule has 0 saturated carbocycles. The zero-order valence-electron chi connectivity index (χ0n) is 10.3. The van der Waals surface area contributed by atoms with E-state index in [1.165, 1.54) is 10.9 Å². The van der Waals surface area contributed by atoms with Gasteiger partial charge >= 0.3 is 0 Å². The van der Waals surface area contributed by atoms with Crippen LogP contribution >= 0.6 is 0 Å². The summed E-state index contributed by atoms with van der Waals surface area (Å²) in [7, 11) is 1.67. The molecule has 86 valence electrons. The third kappa shape index (κ3) is 1.69. The maximum Gasteiger partial charge on any atom is 0.138 e. The molecule has 2 nitrogen and oxygen atoms in total. The molecule has 0 aliphatic rings. The SMILES string of the molecule is CCc1oc2cc(OC)ccc2c1C(C)C. The molecule has 0 fully saturated rings. The van der Waals surface area contributed by atoms with Crippen LogP contribution in [-0.2, 0) is 6.42 Å². The van der Waals surface area contributed by atoms with Gasteiger partial charge in [-0.15, -0.1) is 0 Å². The number of rotatable bonds is 3. The molecule has 1 aromatic carbocycles. The van der Waals surface area contributed by atoms with Gasteiger partial charge in [0.2, 0.25) is 0 Å². The molecule has 0 spiro atoms. The molecule has 2 rings (SSSR count). The minimum absolute atomic E-state index is 0.490. The number of hydrogen-bond donors (Lipinski definition) is 0. The Kier molecular flexibility index (Phi) is 2.90. The zero-order valence-corrected chi connectivity index (χ0v) is 10.3. The van der Waals surface area contributed by atoms with Gasteiger partial charge in [-0.05, 0) is 18.1 Å². The van der Waals surface area contributed by atoms with Gasteiger partial charge in [-0.1, -0.05) is 20.8 Å². The van der Waals surface area contributed by atoms with Crippen molar-refractivity contribution in [3.05, 3.63) is 29.5 Å². The van der Waals surface area contributed by atoms with E-state index in [9.17, 15) is 0 Å². The van der Waals surface area contributed by atoms with Crippen LogP contribution in [0.3, 0.4) is 0 Å². The van der Waals surface area contributed by atoms with Crippen LogP contribution in [0.2, 0.25) is 0 Å². The van der Waals surface area contributed by atoms with Gasteiger partial charge in [0.25, 0.3) is 0 Å². The number of furan rings is 1. The largest absolute Gasteiger partial charge is 0.497 e. The van der Waals surface area contributed by atoms with E-state index in [0.29, 0.717) is 5.92 Å². The van der Waals surface area contributed by atoms with Crippen molar-refractivity contribution >= 4 is 11.0 Å². The molecule has 16 heavy (non-hydrogen) atoms. The van der Waals surface area contributed by atoms with Crippen molar-refractivity contribution in [1.29, 1.82) is 0 Å². The molecule has 0 saturated heterocycles. The first-order valence-corrected chi connectivity index (χ1v) is 5.76. The van der Waals surface area contributed by atoms with E-state index in [4.69, 9.17) is 9.15 Å². The van der Waals surface area contributed by atoms with Gasteiger partial charge in [0.15, 0.2) is 0 Å². The summed E-state index contributed by atoms with van der Waals surface area (Å²) < 4.78 is 11.1. The summed E-state index contributed by atoms with van der Waals surface area (Å²) in [5.41, 5.74) is 2.26. The highest BCUT2D eigenvalue weighted by Gasteiger charge is 2.15. The minimum atomic E-state index is 0.490. The van der Waals surface area contributed by atoms with Crippen LogP contribution in [0, 0.1) is 0 Å². The van der Waals surface area contributed by atoms with Crippen LogP contribution in [0.1, 0.15) is 38.0 Å². The summed E-state index contributed by atoms with van der Waals surface area (Å²) in [4.78, 5) is 0. The highest BCUT2D eigenvalue weighted by atomic mass is 16.5. The average molecular weight is 218 g/mol. The van der Waals surface area contributed by atoms with Crippen LogP contribution in [0.25, 0.3) is 11.0 Å². The van der Waals surface area contributed by atoms with Gasteiger partial charge in [0.1, 0.15) is 17.1 Å². The lowest BCUT2D eigenvalue weighted by Gasteiger charge is -2.04. The molecule has 1 aromatic heterocycles. The molecule has 1 heterocycles. The van der Waals surface area contributed by atoms with Crippen molar-refractivity contribution in [2.75, 3.05) is 7.11 Å². The Morgan fingerprint density at radius 1 is 1.31 bits per heavy atom. The number of ether oxygens (including phenoxy) is 1. The maximum absolute atomic E-state index is 5.87. The smallest absolute Gasteiger partial charge is 0.138 e. The molecule has 0 atom stereocenters. The number of benzene rings is 1. The molecular formula is C14H18O2. The third-order valence-electron chi connectivity index (χ3n) is 2.91. The van der Waals surface area contributed by atoms with Crippen molar-refractivity contribution in [1.82, 2.24) is 0 Å². The Morgan fingerprint density at radius 2 is 2.06 bits per heavy atom. The molecule has 0 radical (unpaired) electrons. The first-order chi connectivity index (χ1) is 7.67. The Balaban J connectivity index is 2.67. The standard InChI is InChI=1S/C14H18O2/c1-5-12-14(9(2)3)11-7-6-10(15-4)8-13(11)16-12/h6-9H,5H2,1-4H3. The fraction of sp³-hybridized carbons (Fsp3) is 0.429. The van der Waals surface area contributed by atoms with E-state index in [1.54, 1.807) is 7.11 Å². The first-order valence-electron chi connectivity index (χ1n) is 5.76. The van der Waals surface area contributed by atoms with E-state index in [-0.39, 0.29) is 0 Å². The van der Waals surface area contributed by atoms with Gasteiger partial charge < -0.3 is 9.15 Å². The lowest BCUT2D eigenvalue weighted by molar-refractivity contribution is 0.414. The summed E-state index contributed by atoms with van der Waals surface area (Å²) in [5.74, 6) is 2.43. The van der Waals surface area contributed by atoms with E-state index < -0.39 is 0 Å². The second kappa shape index (κ2) is 4.20. The van der Waals surface area contributed by atoms with Crippen LogP contribution in [0.15, 0.2) is 22.6 Å². The molecule has 0 amide bonds. The van der Waals surface area contributed by atoms with Crippen molar-refractivity contribution < 1.29 is 9.15 Å². The molecule has 0 aliphatic heterocycles. The maximum atomic E-state index is 5.87. The Labute approximate surface area is 96.2 Å². The van der Waals surface area contributed by atoms with Gasteiger partial charge in [-0.3, -0.25) is 0 Å². The summed E-state index contributed by atoms with van der Waals surface area (Å²) >= 11 is 0. The number of hydrogen-bond acceptors (Lipinski definition) is 2. The summed E-state index contributed by atoms with van der Waals surface area (Å²) in [6.45, 7) is 6.53. The predicted octanol–water partition coefficient (Wildman–Crippen LogP) is 4.13. The van der Waals surface area contributed by atoms with Crippen molar-refractivity contribution in [2.24, 2.45) is 0 Å². The molecule has 2 aromatic rings. The summed E-state index contributed by atoms with van der Waals surface area (Å²) in [6.07, 6.45) is 0.935. The highest BCUT2D eigenvalue weighted by molar-refractivity contribution is 5.84. The van der Waals surface area contributed by atoms with E-state index in [0.717, 1.165) is 23.5 Å². The van der Waals surface area contributed by atoms with Crippen LogP contribution < -0.4 is 4.74 Å². The highest BCUT2D eigenvalue weighted by Crippen LogP contribution is 2.33. The number of aryl methyl sites for hydroxylation is 1. The number of methoxy groups -OCH3 is 1. The third-order valence-corrected chi connectivity index (χ3v) is 2.91. The van der Waals surface area contributed by atoms with Crippen molar-refractivity contribution in [3.63, 3.8) is 0 Å². The fourth-order valence-corrected chi connectivity index (χ4v) is 2.17. The Morgan fingerprint density at radius 3 is 2.62 bits per heavy atom. The lowest BCUT2D eigenvalue weighted by atomic mass is 9.98. The molecule has 0 unspecified atom stereocenters. The summed E-state index contributed by atoms with van der Waals surface area (Å²) in [5, 5.41) is 1.22. The molecular weight excluding hydrogens is 200 g/mol. The second-order valence-electron chi connectivity index (χ2n) is 4.31. The zero-order chi connectivity index (χ0) is 11.7. The van der Waals surface area contributed by atoms with Gasteiger partial charge in [-0.2, -0.15) is 0 Å². The molecule has 2 heteroatoms. The topological polar surface area (TPSA) is 22.4 Å². The van der Waals surface area contributed by atoms with Crippen molar-refractivity contribution in [3.8, 4) is 5.75 Å². The molecule has 0 bridgehead atoms. The molecule has 0 aliphatic carbocycles. The quantitative estimate of drug-likeness (QED) is 0.773. The van der Waals surface area contributed by atoms with Gasteiger partial charge in [0, 0.05) is 23.4 Å². The normalized spacial score (nSPS) is 11.3. The van der Waals surface area contributed by atoms with Crippen molar-refractivity contribution in [2.45, 2.75) is 33.1 Å². The summed E-state index contributed by atoms with van der Waals surface area (Å²) in [6, 6.07) is 6.04. The Hall–Kier alpha value is -1.44. The van der Waals surface area contributed by atoms with E-state index >= 15 is 0 Å². The van der Waals surface area contributed by atoms with Gasteiger partial charge in [0.05, 0.1) is 7.11 Å². The predicted molar refractivity (Wildman–Crippen MR) is 66.2 cm³/mol. The average Bonchev–Trinajstić information content (AvgIpc) is 2.65. The monoisotopic (exact) mass is 218 g/mol. The minimum Gasteiger partial charge on any atom is -0.497 e.